The molecule has 1 saturated heterocycles. The lowest BCUT2D eigenvalue weighted by Gasteiger charge is -2.32. The summed E-state index contributed by atoms with van der Waals surface area (Å²) in [5, 5.41) is 5.46. The molecule has 0 radical (unpaired) electrons. The first kappa shape index (κ1) is 19.4. The summed E-state index contributed by atoms with van der Waals surface area (Å²) in [5.74, 6) is -0.759. The number of nitrogens with one attached hydrogen (secondary N) is 2. The Morgan fingerprint density at radius 3 is 2.20 bits per heavy atom. The highest BCUT2D eigenvalue weighted by molar-refractivity contribution is 7.86. The average molecular weight is 368 g/mol. The minimum Gasteiger partial charge on any atom is -0.326 e. The van der Waals surface area contributed by atoms with Gasteiger partial charge in [0.2, 0.25) is 11.8 Å². The Bertz CT molecular complexity index is 731. The number of anilines is 2. The molecule has 1 aliphatic heterocycles. The molecule has 25 heavy (non-hydrogen) atoms. The Hall–Kier alpha value is -1.97. The summed E-state index contributed by atoms with van der Waals surface area (Å²) >= 11 is 0. The van der Waals surface area contributed by atoms with Gasteiger partial charge in [0.1, 0.15) is 0 Å². The van der Waals surface area contributed by atoms with Crippen LogP contribution in [-0.4, -0.2) is 56.0 Å². The van der Waals surface area contributed by atoms with Crippen molar-refractivity contribution in [1.82, 2.24) is 8.61 Å². The van der Waals surface area contributed by atoms with Gasteiger partial charge in [-0.2, -0.15) is 17.0 Å². The van der Waals surface area contributed by atoms with Crippen molar-refractivity contribution in [3.8, 4) is 0 Å². The van der Waals surface area contributed by atoms with E-state index in [0.29, 0.717) is 30.8 Å². The number of piperidine rings is 1. The number of benzene rings is 1. The third-order valence-electron chi connectivity index (χ3n) is 4.02. The maximum absolute atomic E-state index is 12.5. The topological polar surface area (TPSA) is 98.8 Å². The van der Waals surface area contributed by atoms with Gasteiger partial charge >= 0.3 is 0 Å². The van der Waals surface area contributed by atoms with E-state index >= 15 is 0 Å². The molecule has 0 unspecified atom stereocenters. The average Bonchev–Trinajstić information content (AvgIpc) is 2.56. The zero-order valence-corrected chi connectivity index (χ0v) is 15.5. The standard InChI is InChI=1S/C16H24N4O4S/c1-12(21)17-14-6-8-15(9-7-14)18-16(22)13-5-4-10-20(11-13)25(23,24)19(2)3/h6-9,13H,4-5,10-11H2,1-3H3,(H,17,21)(H,18,22)/t13-/m0/s1. The summed E-state index contributed by atoms with van der Waals surface area (Å²) in [7, 11) is -0.546. The molecule has 1 fully saturated rings. The van der Waals surface area contributed by atoms with Gasteiger partial charge in [-0.15, -0.1) is 0 Å². The summed E-state index contributed by atoms with van der Waals surface area (Å²) < 4.78 is 27.0. The quantitative estimate of drug-likeness (QED) is 0.813. The van der Waals surface area contributed by atoms with Crippen molar-refractivity contribution in [1.29, 1.82) is 0 Å². The molecular weight excluding hydrogens is 344 g/mol. The third kappa shape index (κ3) is 5.00. The van der Waals surface area contributed by atoms with Gasteiger partial charge in [0.15, 0.2) is 0 Å². The summed E-state index contributed by atoms with van der Waals surface area (Å²) in [5.41, 5.74) is 1.25. The van der Waals surface area contributed by atoms with E-state index < -0.39 is 16.1 Å². The Morgan fingerprint density at radius 1 is 1.12 bits per heavy atom. The molecule has 0 aliphatic carbocycles. The maximum Gasteiger partial charge on any atom is 0.281 e. The molecule has 8 nitrogen and oxygen atoms in total. The van der Waals surface area contributed by atoms with Crippen molar-refractivity contribution in [2.24, 2.45) is 5.92 Å². The first-order valence-corrected chi connectivity index (χ1v) is 9.46. The van der Waals surface area contributed by atoms with Gasteiger partial charge in [0.05, 0.1) is 5.92 Å². The third-order valence-corrected chi connectivity index (χ3v) is 5.92. The van der Waals surface area contributed by atoms with Crippen LogP contribution in [0.5, 0.6) is 0 Å². The molecule has 2 N–H and O–H groups in total. The van der Waals surface area contributed by atoms with E-state index in [1.807, 2.05) is 0 Å². The molecule has 2 rings (SSSR count). The minimum atomic E-state index is -3.51. The van der Waals surface area contributed by atoms with Gasteiger partial charge in [-0.05, 0) is 37.1 Å². The van der Waals surface area contributed by atoms with Gasteiger partial charge in [0, 0.05) is 45.5 Å². The van der Waals surface area contributed by atoms with E-state index in [1.54, 1.807) is 24.3 Å². The van der Waals surface area contributed by atoms with Crippen molar-refractivity contribution in [2.45, 2.75) is 19.8 Å². The van der Waals surface area contributed by atoms with Crippen LogP contribution >= 0.6 is 0 Å². The van der Waals surface area contributed by atoms with Crippen molar-refractivity contribution in [3.63, 3.8) is 0 Å². The van der Waals surface area contributed by atoms with E-state index in [0.717, 1.165) is 4.31 Å². The van der Waals surface area contributed by atoms with Crippen molar-refractivity contribution >= 4 is 33.4 Å². The summed E-state index contributed by atoms with van der Waals surface area (Å²) in [6, 6.07) is 6.78. The van der Waals surface area contributed by atoms with E-state index in [2.05, 4.69) is 10.6 Å². The SMILES string of the molecule is CC(=O)Nc1ccc(NC(=O)[C@H]2CCCN(S(=O)(=O)N(C)C)C2)cc1. The highest BCUT2D eigenvalue weighted by Gasteiger charge is 2.33. The number of carbonyl (C=O) groups excluding carboxylic acids is 2. The van der Waals surface area contributed by atoms with Gasteiger partial charge in [-0.1, -0.05) is 0 Å². The number of nitrogens with zero attached hydrogens (tertiary/aromatic N) is 2. The molecule has 0 bridgehead atoms. The normalized spacial score (nSPS) is 18.8. The monoisotopic (exact) mass is 368 g/mol. The lowest BCUT2D eigenvalue weighted by molar-refractivity contribution is -0.121. The molecule has 1 aromatic rings. The molecule has 1 aromatic carbocycles. The molecule has 0 aromatic heterocycles. The van der Waals surface area contributed by atoms with Crippen LogP contribution in [0.3, 0.4) is 0 Å². The minimum absolute atomic E-state index is 0.166. The van der Waals surface area contributed by atoms with Crippen LogP contribution in [0.2, 0.25) is 0 Å². The van der Waals surface area contributed by atoms with Crippen LogP contribution in [0.25, 0.3) is 0 Å². The Morgan fingerprint density at radius 2 is 1.68 bits per heavy atom. The van der Waals surface area contributed by atoms with Crippen LogP contribution in [0.1, 0.15) is 19.8 Å². The second kappa shape index (κ2) is 7.94. The molecule has 1 atom stereocenters. The fourth-order valence-electron chi connectivity index (χ4n) is 2.68. The van der Waals surface area contributed by atoms with Crippen LogP contribution in [0.15, 0.2) is 24.3 Å². The van der Waals surface area contributed by atoms with Crippen LogP contribution in [-0.2, 0) is 19.8 Å². The van der Waals surface area contributed by atoms with Gasteiger partial charge < -0.3 is 10.6 Å². The van der Waals surface area contributed by atoms with Crippen molar-refractivity contribution < 1.29 is 18.0 Å². The van der Waals surface area contributed by atoms with E-state index in [1.165, 1.54) is 25.3 Å². The zero-order valence-electron chi connectivity index (χ0n) is 14.7. The second-order valence-corrected chi connectivity index (χ2v) is 8.38. The lowest BCUT2D eigenvalue weighted by atomic mass is 9.98. The number of amides is 2. The molecule has 1 aliphatic rings. The smallest absolute Gasteiger partial charge is 0.281 e. The van der Waals surface area contributed by atoms with Crippen LogP contribution in [0.4, 0.5) is 11.4 Å². The summed E-state index contributed by atoms with van der Waals surface area (Å²) in [6.45, 7) is 2.03. The molecule has 138 valence electrons. The number of carbonyl (C=O) groups is 2. The van der Waals surface area contributed by atoms with Gasteiger partial charge in [-0.25, -0.2) is 0 Å². The first-order chi connectivity index (χ1) is 11.7. The highest BCUT2D eigenvalue weighted by atomic mass is 32.2. The Balaban J connectivity index is 1.99. The summed E-state index contributed by atoms with van der Waals surface area (Å²) in [4.78, 5) is 23.5. The highest BCUT2D eigenvalue weighted by Crippen LogP contribution is 2.22. The van der Waals surface area contributed by atoms with Gasteiger partial charge in [0.25, 0.3) is 10.2 Å². The number of hydrogen-bond acceptors (Lipinski definition) is 4. The van der Waals surface area contributed by atoms with E-state index in [4.69, 9.17) is 0 Å². The first-order valence-electron chi connectivity index (χ1n) is 8.06. The predicted molar refractivity (Wildman–Crippen MR) is 96.3 cm³/mol. The fraction of sp³-hybridized carbons (Fsp3) is 0.500. The van der Waals surface area contributed by atoms with E-state index in [-0.39, 0.29) is 18.4 Å². The fourth-order valence-corrected chi connectivity index (χ4v) is 3.87. The van der Waals surface area contributed by atoms with Crippen molar-refractivity contribution in [2.75, 3.05) is 37.8 Å². The molecule has 0 spiro atoms. The molecular formula is C16H24N4O4S. The van der Waals surface area contributed by atoms with Crippen molar-refractivity contribution in [3.05, 3.63) is 24.3 Å². The molecule has 1 heterocycles. The number of hydrogen-bond donors (Lipinski definition) is 2. The molecule has 0 saturated carbocycles. The lowest BCUT2D eigenvalue weighted by Crippen LogP contribution is -2.47. The Labute approximate surface area is 148 Å². The Kier molecular flexibility index (Phi) is 6.15. The second-order valence-electron chi connectivity index (χ2n) is 6.24. The largest absolute Gasteiger partial charge is 0.326 e. The molecule has 9 heteroatoms. The zero-order chi connectivity index (χ0) is 18.6. The van der Waals surface area contributed by atoms with Gasteiger partial charge in [-0.3, -0.25) is 9.59 Å². The van der Waals surface area contributed by atoms with E-state index in [9.17, 15) is 18.0 Å². The molecule has 2 amide bonds. The maximum atomic E-state index is 12.5. The predicted octanol–water partition coefficient (Wildman–Crippen LogP) is 1.10. The number of rotatable bonds is 5. The van der Waals surface area contributed by atoms with Crippen LogP contribution < -0.4 is 10.6 Å². The van der Waals surface area contributed by atoms with Crippen LogP contribution in [0, 0.1) is 5.92 Å². The summed E-state index contributed by atoms with van der Waals surface area (Å²) in [6.07, 6.45) is 1.29.